The third kappa shape index (κ3) is 3.76. The molecule has 6 nitrogen and oxygen atoms in total. The number of benzene rings is 1. The fraction of sp³-hybridized carbons (Fsp3) is 0.143. The zero-order valence-electron chi connectivity index (χ0n) is 15.1. The minimum Gasteiger partial charge on any atom is -0.491 e. The summed E-state index contributed by atoms with van der Waals surface area (Å²) < 4.78 is 5.76. The van der Waals surface area contributed by atoms with Crippen molar-refractivity contribution in [2.75, 3.05) is 13.2 Å². The number of thiophene rings is 1. The highest BCUT2D eigenvalue weighted by Gasteiger charge is 2.19. The minimum absolute atomic E-state index is 0.161. The summed E-state index contributed by atoms with van der Waals surface area (Å²) in [5.41, 5.74) is 8.44. The maximum atomic E-state index is 12.8. The number of nitrogens with one attached hydrogen (secondary N) is 2. The Morgan fingerprint density at radius 1 is 1.21 bits per heavy atom. The lowest BCUT2D eigenvalue weighted by Gasteiger charge is -2.07. The monoisotopic (exact) mass is 392 g/mol. The van der Waals surface area contributed by atoms with Crippen LogP contribution in [-0.2, 0) is 6.54 Å². The van der Waals surface area contributed by atoms with Crippen LogP contribution in [0.4, 0.5) is 0 Å². The first-order chi connectivity index (χ1) is 13.8. The van der Waals surface area contributed by atoms with Crippen molar-refractivity contribution < 1.29 is 9.53 Å². The van der Waals surface area contributed by atoms with E-state index in [-0.39, 0.29) is 5.91 Å². The Labute approximate surface area is 166 Å². The maximum Gasteiger partial charge on any atom is 0.265 e. The second-order valence-corrected chi connectivity index (χ2v) is 7.26. The summed E-state index contributed by atoms with van der Waals surface area (Å²) in [5, 5.41) is 3.98. The predicted molar refractivity (Wildman–Crippen MR) is 112 cm³/mol. The Morgan fingerprint density at radius 3 is 2.89 bits per heavy atom. The molecule has 28 heavy (non-hydrogen) atoms. The first-order valence-electron chi connectivity index (χ1n) is 8.97. The minimum atomic E-state index is -0.161. The molecule has 0 saturated heterocycles. The van der Waals surface area contributed by atoms with Crippen molar-refractivity contribution in [3.05, 3.63) is 71.4 Å². The number of fused-ring (bicyclic) bond motifs is 1. The van der Waals surface area contributed by atoms with Crippen molar-refractivity contribution in [3.63, 3.8) is 0 Å². The molecule has 0 unspecified atom stereocenters. The van der Waals surface area contributed by atoms with E-state index in [4.69, 9.17) is 10.5 Å². The summed E-state index contributed by atoms with van der Waals surface area (Å²) in [5.74, 6) is 0.392. The molecule has 0 radical (unpaired) electrons. The molecule has 4 N–H and O–H groups in total. The van der Waals surface area contributed by atoms with Crippen LogP contribution in [0, 0.1) is 0 Å². The van der Waals surface area contributed by atoms with Gasteiger partial charge in [-0.2, -0.15) is 0 Å². The molecule has 1 amide bonds. The first kappa shape index (κ1) is 18.2. The lowest BCUT2D eigenvalue weighted by Crippen LogP contribution is -2.22. The van der Waals surface area contributed by atoms with Gasteiger partial charge < -0.3 is 20.8 Å². The van der Waals surface area contributed by atoms with Gasteiger partial charge in [0.2, 0.25) is 0 Å². The van der Waals surface area contributed by atoms with Gasteiger partial charge in [0.15, 0.2) is 0 Å². The fourth-order valence-corrected chi connectivity index (χ4v) is 4.03. The van der Waals surface area contributed by atoms with Crippen LogP contribution in [0.1, 0.15) is 15.2 Å². The number of rotatable bonds is 7. The molecule has 0 aliphatic carbocycles. The Bertz CT molecular complexity index is 1090. The fourth-order valence-electron chi connectivity index (χ4n) is 2.98. The molecule has 0 aliphatic rings. The predicted octanol–water partition coefficient (Wildman–Crippen LogP) is 3.56. The molecule has 4 rings (SSSR count). The lowest BCUT2D eigenvalue weighted by atomic mass is 10.1. The third-order valence-electron chi connectivity index (χ3n) is 4.30. The second kappa shape index (κ2) is 8.24. The van der Waals surface area contributed by atoms with Crippen molar-refractivity contribution in [1.29, 1.82) is 0 Å². The van der Waals surface area contributed by atoms with E-state index >= 15 is 0 Å². The molecule has 142 valence electrons. The number of carbonyl (C=O) groups excluding carboxylic acids is 1. The van der Waals surface area contributed by atoms with Gasteiger partial charge in [-0.05, 0) is 23.8 Å². The number of hydrogen-bond donors (Lipinski definition) is 3. The summed E-state index contributed by atoms with van der Waals surface area (Å²) in [4.78, 5) is 21.8. The van der Waals surface area contributed by atoms with Gasteiger partial charge in [0, 0.05) is 41.3 Å². The number of nitrogens with two attached hydrogens (primary N) is 1. The van der Waals surface area contributed by atoms with Crippen molar-refractivity contribution in [2.24, 2.45) is 5.73 Å². The number of pyridine rings is 1. The number of aromatic amines is 1. The van der Waals surface area contributed by atoms with E-state index in [0.717, 1.165) is 27.0 Å². The van der Waals surface area contributed by atoms with E-state index < -0.39 is 0 Å². The Hall–Kier alpha value is -3.16. The van der Waals surface area contributed by atoms with Gasteiger partial charge in [0.25, 0.3) is 5.91 Å². The summed E-state index contributed by atoms with van der Waals surface area (Å²) in [6.07, 6.45) is 3.61. The van der Waals surface area contributed by atoms with Gasteiger partial charge in [0.05, 0.1) is 0 Å². The van der Waals surface area contributed by atoms with Crippen LogP contribution in [0.5, 0.6) is 5.75 Å². The second-order valence-electron chi connectivity index (χ2n) is 6.21. The summed E-state index contributed by atoms with van der Waals surface area (Å²) in [6.45, 7) is 1.19. The van der Waals surface area contributed by atoms with Gasteiger partial charge in [-0.15, -0.1) is 11.3 Å². The van der Waals surface area contributed by atoms with E-state index in [2.05, 4.69) is 15.3 Å². The standard InChI is InChI=1S/C21H20N4O2S/c22-8-11-27-17-12-18(15-6-9-23-20-16(15)7-10-24-20)28-19(17)21(26)25-13-14-4-2-1-3-5-14/h1-7,9-10,12H,8,11,13,22H2,(H,23,24)(H,25,26). The van der Waals surface area contributed by atoms with E-state index in [0.29, 0.717) is 30.3 Å². The smallest absolute Gasteiger partial charge is 0.265 e. The van der Waals surface area contributed by atoms with Gasteiger partial charge in [-0.3, -0.25) is 4.79 Å². The van der Waals surface area contributed by atoms with Crippen molar-refractivity contribution >= 4 is 28.3 Å². The van der Waals surface area contributed by atoms with Crippen LogP contribution >= 0.6 is 11.3 Å². The van der Waals surface area contributed by atoms with Crippen molar-refractivity contribution in [3.8, 4) is 16.2 Å². The molecule has 0 saturated carbocycles. The van der Waals surface area contributed by atoms with E-state index in [1.54, 1.807) is 6.20 Å². The molecular weight excluding hydrogens is 372 g/mol. The normalized spacial score (nSPS) is 10.9. The topological polar surface area (TPSA) is 93.0 Å². The van der Waals surface area contributed by atoms with Gasteiger partial charge in [-0.25, -0.2) is 4.98 Å². The highest BCUT2D eigenvalue weighted by Crippen LogP contribution is 2.38. The van der Waals surface area contributed by atoms with E-state index in [1.165, 1.54) is 11.3 Å². The van der Waals surface area contributed by atoms with E-state index in [9.17, 15) is 4.79 Å². The molecule has 3 heterocycles. The largest absolute Gasteiger partial charge is 0.491 e. The average molecular weight is 392 g/mol. The highest BCUT2D eigenvalue weighted by atomic mass is 32.1. The number of aromatic nitrogens is 2. The number of amides is 1. The average Bonchev–Trinajstić information content (AvgIpc) is 3.38. The van der Waals surface area contributed by atoms with Gasteiger partial charge >= 0.3 is 0 Å². The summed E-state index contributed by atoms with van der Waals surface area (Å²) in [6, 6.07) is 15.6. The van der Waals surface area contributed by atoms with Crippen molar-refractivity contribution in [2.45, 2.75) is 6.54 Å². The van der Waals surface area contributed by atoms with Crippen LogP contribution < -0.4 is 15.8 Å². The van der Waals surface area contributed by atoms with Crippen LogP contribution in [0.3, 0.4) is 0 Å². The molecule has 0 fully saturated rings. The van der Waals surface area contributed by atoms with E-state index in [1.807, 2.05) is 54.7 Å². The van der Waals surface area contributed by atoms with Crippen LogP contribution in [0.25, 0.3) is 21.5 Å². The zero-order valence-corrected chi connectivity index (χ0v) is 16.0. The number of ether oxygens (including phenoxy) is 1. The Kier molecular flexibility index (Phi) is 5.36. The Balaban J connectivity index is 1.64. The molecule has 1 aromatic carbocycles. The lowest BCUT2D eigenvalue weighted by molar-refractivity contribution is 0.0951. The molecule has 3 aromatic heterocycles. The summed E-state index contributed by atoms with van der Waals surface area (Å²) >= 11 is 1.41. The highest BCUT2D eigenvalue weighted by molar-refractivity contribution is 7.17. The number of carbonyl (C=O) groups is 1. The first-order valence-corrected chi connectivity index (χ1v) is 9.79. The third-order valence-corrected chi connectivity index (χ3v) is 5.45. The van der Waals surface area contributed by atoms with Crippen LogP contribution in [0.15, 0.2) is 60.9 Å². The van der Waals surface area contributed by atoms with Crippen LogP contribution in [0.2, 0.25) is 0 Å². The van der Waals surface area contributed by atoms with Gasteiger partial charge in [-0.1, -0.05) is 30.3 Å². The number of H-pyrrole nitrogens is 1. The molecule has 0 aliphatic heterocycles. The van der Waals surface area contributed by atoms with Crippen LogP contribution in [-0.4, -0.2) is 29.0 Å². The summed E-state index contributed by atoms with van der Waals surface area (Å²) in [7, 11) is 0. The number of nitrogens with zero attached hydrogens (tertiary/aromatic N) is 1. The maximum absolute atomic E-state index is 12.8. The molecule has 7 heteroatoms. The molecular formula is C21H20N4O2S. The molecule has 0 bridgehead atoms. The number of hydrogen-bond acceptors (Lipinski definition) is 5. The molecule has 4 aromatic rings. The SMILES string of the molecule is NCCOc1cc(-c2ccnc3[nH]ccc23)sc1C(=O)NCc1ccccc1. The molecule has 0 atom stereocenters. The quantitative estimate of drug-likeness (QED) is 0.448. The van der Waals surface area contributed by atoms with Crippen molar-refractivity contribution in [1.82, 2.24) is 15.3 Å². The van der Waals surface area contributed by atoms with Gasteiger partial charge in [0.1, 0.15) is 22.9 Å². The molecule has 0 spiro atoms. The zero-order chi connectivity index (χ0) is 19.3. The Morgan fingerprint density at radius 2 is 2.07 bits per heavy atom.